The standard InChI is InChI=1S/C16H23NO2/c1-12(18)8-9-17(2)16(19)11-13-6-7-14-4-3-5-15(14)10-13/h6-7,10,12,18H,3-5,8-9,11H2,1-2H3. The monoisotopic (exact) mass is 261 g/mol. The largest absolute Gasteiger partial charge is 0.393 e. The van der Waals surface area contributed by atoms with Gasteiger partial charge in [0.15, 0.2) is 0 Å². The molecule has 0 aliphatic heterocycles. The maximum absolute atomic E-state index is 12.1. The second kappa shape index (κ2) is 6.20. The lowest BCUT2D eigenvalue weighted by Gasteiger charge is -2.18. The van der Waals surface area contributed by atoms with Crippen molar-refractivity contribution in [3.05, 3.63) is 34.9 Å². The summed E-state index contributed by atoms with van der Waals surface area (Å²) in [5.41, 5.74) is 3.96. The van der Waals surface area contributed by atoms with E-state index < -0.39 is 0 Å². The van der Waals surface area contributed by atoms with Crippen molar-refractivity contribution < 1.29 is 9.90 Å². The molecule has 0 bridgehead atoms. The molecule has 19 heavy (non-hydrogen) atoms. The molecule has 1 aliphatic carbocycles. The number of likely N-dealkylation sites (N-methyl/N-ethyl adjacent to an activating group) is 1. The number of aliphatic hydroxyl groups is 1. The molecule has 1 N–H and O–H groups in total. The number of hydrogen-bond acceptors (Lipinski definition) is 2. The van der Waals surface area contributed by atoms with Crippen molar-refractivity contribution in [2.24, 2.45) is 0 Å². The summed E-state index contributed by atoms with van der Waals surface area (Å²) in [7, 11) is 1.80. The Morgan fingerprint density at radius 2 is 2.11 bits per heavy atom. The minimum Gasteiger partial charge on any atom is -0.393 e. The first-order valence-corrected chi connectivity index (χ1v) is 7.09. The summed E-state index contributed by atoms with van der Waals surface area (Å²) in [6, 6.07) is 6.42. The Labute approximate surface area is 115 Å². The number of fused-ring (bicyclic) bond motifs is 1. The Morgan fingerprint density at radius 1 is 1.37 bits per heavy atom. The van der Waals surface area contributed by atoms with Gasteiger partial charge >= 0.3 is 0 Å². The highest BCUT2D eigenvalue weighted by molar-refractivity contribution is 5.78. The molecule has 1 atom stereocenters. The Kier molecular flexibility index (Phi) is 4.59. The molecule has 1 aromatic carbocycles. The first-order chi connectivity index (χ1) is 9.06. The van der Waals surface area contributed by atoms with Gasteiger partial charge in [-0.15, -0.1) is 0 Å². The van der Waals surface area contributed by atoms with Crippen molar-refractivity contribution in [2.75, 3.05) is 13.6 Å². The van der Waals surface area contributed by atoms with Gasteiger partial charge in [-0.25, -0.2) is 0 Å². The van der Waals surface area contributed by atoms with Crippen LogP contribution < -0.4 is 0 Å². The molecule has 0 aromatic heterocycles. The van der Waals surface area contributed by atoms with Crippen molar-refractivity contribution in [2.45, 2.75) is 45.1 Å². The van der Waals surface area contributed by atoms with Crippen molar-refractivity contribution in [1.82, 2.24) is 4.90 Å². The number of aryl methyl sites for hydroxylation is 2. The fourth-order valence-corrected chi connectivity index (χ4v) is 2.55. The van der Waals surface area contributed by atoms with E-state index in [0.717, 1.165) is 12.0 Å². The molecule has 0 heterocycles. The molecule has 0 saturated carbocycles. The number of hydrogen-bond donors (Lipinski definition) is 1. The summed E-state index contributed by atoms with van der Waals surface area (Å²) < 4.78 is 0. The minimum atomic E-state index is -0.352. The average molecular weight is 261 g/mol. The van der Waals surface area contributed by atoms with E-state index in [-0.39, 0.29) is 12.0 Å². The highest BCUT2D eigenvalue weighted by atomic mass is 16.3. The van der Waals surface area contributed by atoms with E-state index in [9.17, 15) is 9.90 Å². The number of benzene rings is 1. The predicted octanol–water partition coefficient (Wildman–Crippen LogP) is 1.95. The van der Waals surface area contributed by atoms with E-state index in [0.29, 0.717) is 19.4 Å². The van der Waals surface area contributed by atoms with E-state index in [4.69, 9.17) is 0 Å². The van der Waals surface area contributed by atoms with Crippen LogP contribution in [-0.2, 0) is 24.1 Å². The number of rotatable bonds is 5. The third kappa shape index (κ3) is 3.80. The highest BCUT2D eigenvalue weighted by Gasteiger charge is 2.14. The molecular weight excluding hydrogens is 238 g/mol. The lowest BCUT2D eigenvalue weighted by Crippen LogP contribution is -2.30. The first kappa shape index (κ1) is 14.1. The number of aliphatic hydroxyl groups excluding tert-OH is 1. The molecule has 0 saturated heterocycles. The molecule has 1 amide bonds. The van der Waals surface area contributed by atoms with Gasteiger partial charge in [0.25, 0.3) is 0 Å². The van der Waals surface area contributed by atoms with Crippen LogP contribution in [0, 0.1) is 0 Å². The Balaban J connectivity index is 1.91. The summed E-state index contributed by atoms with van der Waals surface area (Å²) in [4.78, 5) is 13.8. The van der Waals surface area contributed by atoms with Gasteiger partial charge in [-0.1, -0.05) is 18.2 Å². The molecule has 1 unspecified atom stereocenters. The van der Waals surface area contributed by atoms with Gasteiger partial charge in [0.2, 0.25) is 5.91 Å². The van der Waals surface area contributed by atoms with Crippen molar-refractivity contribution in [1.29, 1.82) is 0 Å². The van der Waals surface area contributed by atoms with E-state index in [1.165, 1.54) is 24.0 Å². The lowest BCUT2D eigenvalue weighted by molar-refractivity contribution is -0.129. The second-order valence-corrected chi connectivity index (χ2v) is 5.59. The fourth-order valence-electron chi connectivity index (χ4n) is 2.55. The van der Waals surface area contributed by atoms with Crippen molar-refractivity contribution in [3.8, 4) is 0 Å². The summed E-state index contributed by atoms with van der Waals surface area (Å²) in [5, 5.41) is 9.24. The summed E-state index contributed by atoms with van der Waals surface area (Å²) in [5.74, 6) is 0.124. The molecule has 0 radical (unpaired) electrons. The Bertz CT molecular complexity index is 454. The van der Waals surface area contributed by atoms with Gasteiger partial charge in [-0.3, -0.25) is 4.79 Å². The smallest absolute Gasteiger partial charge is 0.226 e. The van der Waals surface area contributed by atoms with Gasteiger partial charge in [0.05, 0.1) is 12.5 Å². The van der Waals surface area contributed by atoms with Gasteiger partial charge < -0.3 is 10.0 Å². The third-order valence-corrected chi connectivity index (χ3v) is 3.83. The molecule has 1 aliphatic rings. The zero-order valence-electron chi connectivity index (χ0n) is 11.9. The van der Waals surface area contributed by atoms with Crippen molar-refractivity contribution >= 4 is 5.91 Å². The molecule has 1 aromatic rings. The molecule has 3 nitrogen and oxygen atoms in total. The molecule has 0 spiro atoms. The summed E-state index contributed by atoms with van der Waals surface area (Å²) in [6.07, 6.45) is 4.31. The quantitative estimate of drug-likeness (QED) is 0.880. The van der Waals surface area contributed by atoms with Crippen LogP contribution in [0.5, 0.6) is 0 Å². The van der Waals surface area contributed by atoms with Crippen molar-refractivity contribution in [3.63, 3.8) is 0 Å². The zero-order valence-corrected chi connectivity index (χ0v) is 11.9. The molecule has 3 heteroatoms. The Hall–Kier alpha value is -1.35. The number of amides is 1. The average Bonchev–Trinajstić information content (AvgIpc) is 2.83. The SMILES string of the molecule is CC(O)CCN(C)C(=O)Cc1ccc2c(c1)CCC2. The third-order valence-electron chi connectivity index (χ3n) is 3.83. The highest BCUT2D eigenvalue weighted by Crippen LogP contribution is 2.23. The molecule has 0 fully saturated rings. The van der Waals surface area contributed by atoms with Crippen LogP contribution in [0.2, 0.25) is 0 Å². The van der Waals surface area contributed by atoms with Gasteiger partial charge in [-0.2, -0.15) is 0 Å². The number of nitrogens with zero attached hydrogens (tertiary/aromatic N) is 1. The fraction of sp³-hybridized carbons (Fsp3) is 0.562. The van der Waals surface area contributed by atoms with E-state index in [1.54, 1.807) is 18.9 Å². The maximum Gasteiger partial charge on any atom is 0.226 e. The Morgan fingerprint density at radius 3 is 2.84 bits per heavy atom. The van der Waals surface area contributed by atoms with Crippen LogP contribution in [0.3, 0.4) is 0 Å². The molecule has 2 rings (SSSR count). The lowest BCUT2D eigenvalue weighted by atomic mass is 10.0. The predicted molar refractivity (Wildman–Crippen MR) is 76.1 cm³/mol. The van der Waals surface area contributed by atoms with Gasteiger partial charge in [0, 0.05) is 13.6 Å². The molecular formula is C16H23NO2. The van der Waals surface area contributed by atoms with Crippen LogP contribution in [0.15, 0.2) is 18.2 Å². The maximum atomic E-state index is 12.1. The van der Waals surface area contributed by atoms with E-state index in [2.05, 4.69) is 18.2 Å². The normalized spacial score (nSPS) is 15.1. The minimum absolute atomic E-state index is 0.124. The van der Waals surface area contributed by atoms with E-state index in [1.807, 2.05) is 0 Å². The van der Waals surface area contributed by atoms with Gasteiger partial charge in [-0.05, 0) is 49.3 Å². The van der Waals surface area contributed by atoms with Crippen LogP contribution >= 0.6 is 0 Å². The van der Waals surface area contributed by atoms with E-state index >= 15 is 0 Å². The number of carbonyl (C=O) groups is 1. The van der Waals surface area contributed by atoms with Crippen LogP contribution in [0.4, 0.5) is 0 Å². The van der Waals surface area contributed by atoms with Crippen LogP contribution in [0.1, 0.15) is 36.5 Å². The van der Waals surface area contributed by atoms with Crippen LogP contribution in [0.25, 0.3) is 0 Å². The summed E-state index contributed by atoms with van der Waals surface area (Å²) >= 11 is 0. The second-order valence-electron chi connectivity index (χ2n) is 5.59. The van der Waals surface area contributed by atoms with Gasteiger partial charge in [0.1, 0.15) is 0 Å². The molecule has 104 valence electrons. The number of carbonyl (C=O) groups excluding carboxylic acids is 1. The first-order valence-electron chi connectivity index (χ1n) is 7.09. The zero-order chi connectivity index (χ0) is 13.8. The summed E-state index contributed by atoms with van der Waals surface area (Å²) in [6.45, 7) is 2.36. The van der Waals surface area contributed by atoms with Crippen LogP contribution in [-0.4, -0.2) is 35.6 Å². The topological polar surface area (TPSA) is 40.5 Å².